The molecule has 80 valence electrons. The maximum absolute atomic E-state index is 5.63. The van der Waals surface area contributed by atoms with Crippen molar-refractivity contribution in [2.75, 3.05) is 6.61 Å². The zero-order valence-corrected chi connectivity index (χ0v) is 9.33. The lowest BCUT2D eigenvalue weighted by atomic mass is 10.2. The molecule has 0 saturated carbocycles. The minimum Gasteiger partial charge on any atom is -0.492 e. The molecule has 15 heavy (non-hydrogen) atoms. The summed E-state index contributed by atoms with van der Waals surface area (Å²) in [5.41, 5.74) is 0.841. The lowest BCUT2D eigenvalue weighted by Gasteiger charge is -2.07. The summed E-state index contributed by atoms with van der Waals surface area (Å²) in [6.45, 7) is 2.97. The Morgan fingerprint density at radius 1 is 1.20 bits per heavy atom. The third-order valence-electron chi connectivity index (χ3n) is 2.30. The zero-order valence-electron chi connectivity index (χ0n) is 9.33. The predicted octanol–water partition coefficient (Wildman–Crippen LogP) is 3.63. The second-order valence-electron chi connectivity index (χ2n) is 3.55. The molecular weight excluding hydrogens is 184 g/mol. The fourth-order valence-electron chi connectivity index (χ4n) is 1.42. The summed E-state index contributed by atoms with van der Waals surface area (Å²) in [5.74, 6) is 3.45. The van der Waals surface area contributed by atoms with Crippen LogP contribution in [0.2, 0.25) is 0 Å². The van der Waals surface area contributed by atoms with Crippen molar-refractivity contribution in [3.8, 4) is 18.1 Å². The molecule has 0 aliphatic heterocycles. The number of hydrogen-bond acceptors (Lipinski definition) is 1. The van der Waals surface area contributed by atoms with Gasteiger partial charge >= 0.3 is 0 Å². The highest BCUT2D eigenvalue weighted by atomic mass is 16.5. The molecule has 0 heterocycles. The predicted molar refractivity (Wildman–Crippen MR) is 64.0 cm³/mol. The number of rotatable bonds is 6. The number of ether oxygens (including phenoxy) is 1. The number of unbranched alkanes of at least 4 members (excludes halogenated alkanes) is 3. The molecule has 0 bridgehead atoms. The van der Waals surface area contributed by atoms with Gasteiger partial charge in [-0.15, -0.1) is 6.42 Å². The van der Waals surface area contributed by atoms with Gasteiger partial charge in [0.15, 0.2) is 0 Å². The highest BCUT2D eigenvalue weighted by Gasteiger charge is 1.98. The number of benzene rings is 1. The standard InChI is InChI=1S/C14H18O/c1-3-5-6-9-12-15-14-11-8-7-10-13(14)4-2/h2,7-8,10-11H,3,5-6,9,12H2,1H3. The molecule has 0 saturated heterocycles. The lowest BCUT2D eigenvalue weighted by Crippen LogP contribution is -1.98. The van der Waals surface area contributed by atoms with Crippen molar-refractivity contribution in [1.82, 2.24) is 0 Å². The van der Waals surface area contributed by atoms with Gasteiger partial charge in [-0.2, -0.15) is 0 Å². The van der Waals surface area contributed by atoms with Crippen molar-refractivity contribution in [2.24, 2.45) is 0 Å². The molecule has 1 aromatic carbocycles. The summed E-state index contributed by atoms with van der Waals surface area (Å²) >= 11 is 0. The van der Waals surface area contributed by atoms with E-state index in [0.717, 1.165) is 24.3 Å². The van der Waals surface area contributed by atoms with Crippen LogP contribution in [0.3, 0.4) is 0 Å². The van der Waals surface area contributed by atoms with Crippen molar-refractivity contribution in [2.45, 2.75) is 32.6 Å². The van der Waals surface area contributed by atoms with Crippen LogP contribution in [0.1, 0.15) is 38.2 Å². The van der Waals surface area contributed by atoms with E-state index in [-0.39, 0.29) is 0 Å². The molecule has 0 aliphatic rings. The summed E-state index contributed by atoms with van der Waals surface area (Å²) in [4.78, 5) is 0. The highest BCUT2D eigenvalue weighted by Crippen LogP contribution is 2.16. The zero-order chi connectivity index (χ0) is 10.9. The molecule has 0 aliphatic carbocycles. The van der Waals surface area contributed by atoms with Gasteiger partial charge in [0.05, 0.1) is 12.2 Å². The van der Waals surface area contributed by atoms with Gasteiger partial charge in [-0.1, -0.05) is 44.2 Å². The van der Waals surface area contributed by atoms with Crippen LogP contribution in [0.25, 0.3) is 0 Å². The van der Waals surface area contributed by atoms with Gasteiger partial charge in [-0.3, -0.25) is 0 Å². The SMILES string of the molecule is C#Cc1ccccc1OCCCCCC. The highest BCUT2D eigenvalue weighted by molar-refractivity contribution is 5.44. The average Bonchev–Trinajstić information content (AvgIpc) is 2.29. The Labute approximate surface area is 92.5 Å². The van der Waals surface area contributed by atoms with Crippen LogP contribution in [0.4, 0.5) is 0 Å². The van der Waals surface area contributed by atoms with E-state index in [2.05, 4.69) is 12.8 Å². The first-order valence-electron chi connectivity index (χ1n) is 5.57. The fraction of sp³-hybridized carbons (Fsp3) is 0.429. The first-order chi connectivity index (χ1) is 7.38. The van der Waals surface area contributed by atoms with E-state index in [1.54, 1.807) is 0 Å². The molecule has 0 amide bonds. The summed E-state index contributed by atoms with van der Waals surface area (Å²) in [6.07, 6.45) is 10.2. The molecule has 1 nitrogen and oxygen atoms in total. The van der Waals surface area contributed by atoms with Crippen LogP contribution in [0, 0.1) is 12.3 Å². The number of para-hydroxylation sites is 1. The van der Waals surface area contributed by atoms with E-state index < -0.39 is 0 Å². The van der Waals surface area contributed by atoms with Gasteiger partial charge in [0.1, 0.15) is 5.75 Å². The molecule has 0 N–H and O–H groups in total. The third kappa shape index (κ3) is 4.08. The molecular formula is C14H18O. The van der Waals surface area contributed by atoms with Crippen molar-refractivity contribution in [1.29, 1.82) is 0 Å². The van der Waals surface area contributed by atoms with E-state index in [1.807, 2.05) is 24.3 Å². The van der Waals surface area contributed by atoms with Crippen molar-refractivity contribution >= 4 is 0 Å². The van der Waals surface area contributed by atoms with Gasteiger partial charge in [-0.05, 0) is 18.6 Å². The smallest absolute Gasteiger partial charge is 0.134 e. The van der Waals surface area contributed by atoms with E-state index in [0.29, 0.717) is 0 Å². The Morgan fingerprint density at radius 2 is 2.00 bits per heavy atom. The largest absolute Gasteiger partial charge is 0.492 e. The molecule has 0 unspecified atom stereocenters. The molecule has 0 atom stereocenters. The minimum atomic E-state index is 0.763. The second-order valence-corrected chi connectivity index (χ2v) is 3.55. The first kappa shape index (κ1) is 11.7. The van der Waals surface area contributed by atoms with Crippen LogP contribution in [-0.4, -0.2) is 6.61 Å². The maximum atomic E-state index is 5.63. The number of terminal acetylenes is 1. The molecule has 0 radical (unpaired) electrons. The van der Waals surface area contributed by atoms with E-state index >= 15 is 0 Å². The van der Waals surface area contributed by atoms with E-state index in [9.17, 15) is 0 Å². The van der Waals surface area contributed by atoms with Crippen LogP contribution in [-0.2, 0) is 0 Å². The van der Waals surface area contributed by atoms with Crippen LogP contribution in [0.15, 0.2) is 24.3 Å². The Kier molecular flexibility index (Phi) is 5.40. The van der Waals surface area contributed by atoms with Crippen molar-refractivity contribution in [3.63, 3.8) is 0 Å². The van der Waals surface area contributed by atoms with Crippen molar-refractivity contribution < 1.29 is 4.74 Å². The Balaban J connectivity index is 2.34. The quantitative estimate of drug-likeness (QED) is 0.505. The Bertz CT molecular complexity index is 322. The summed E-state index contributed by atoms with van der Waals surface area (Å²) in [7, 11) is 0. The monoisotopic (exact) mass is 202 g/mol. The molecule has 1 aromatic rings. The van der Waals surface area contributed by atoms with Crippen LogP contribution in [0.5, 0.6) is 5.75 Å². The number of hydrogen-bond donors (Lipinski definition) is 0. The molecule has 0 spiro atoms. The topological polar surface area (TPSA) is 9.23 Å². The van der Waals surface area contributed by atoms with Gasteiger partial charge in [0, 0.05) is 0 Å². The first-order valence-corrected chi connectivity index (χ1v) is 5.57. The lowest BCUT2D eigenvalue weighted by molar-refractivity contribution is 0.304. The van der Waals surface area contributed by atoms with Crippen LogP contribution >= 0.6 is 0 Å². The molecule has 1 heteroatoms. The summed E-state index contributed by atoms with van der Waals surface area (Å²) in [6, 6.07) is 7.71. The summed E-state index contributed by atoms with van der Waals surface area (Å²) in [5, 5.41) is 0. The fourth-order valence-corrected chi connectivity index (χ4v) is 1.42. The van der Waals surface area contributed by atoms with Crippen molar-refractivity contribution in [3.05, 3.63) is 29.8 Å². The molecule has 0 fully saturated rings. The molecule has 1 rings (SSSR count). The average molecular weight is 202 g/mol. The maximum Gasteiger partial charge on any atom is 0.134 e. The second kappa shape index (κ2) is 6.95. The van der Waals surface area contributed by atoms with Crippen LogP contribution < -0.4 is 4.74 Å². The van der Waals surface area contributed by atoms with Gasteiger partial charge in [0.25, 0.3) is 0 Å². The van der Waals surface area contributed by atoms with E-state index in [4.69, 9.17) is 11.2 Å². The van der Waals surface area contributed by atoms with E-state index in [1.165, 1.54) is 19.3 Å². The normalized spacial score (nSPS) is 9.60. The van der Waals surface area contributed by atoms with Gasteiger partial charge < -0.3 is 4.74 Å². The summed E-state index contributed by atoms with van der Waals surface area (Å²) < 4.78 is 5.63. The van der Waals surface area contributed by atoms with Gasteiger partial charge in [-0.25, -0.2) is 0 Å². The minimum absolute atomic E-state index is 0.763. The van der Waals surface area contributed by atoms with Gasteiger partial charge in [0.2, 0.25) is 0 Å². The Hall–Kier alpha value is -1.42. The third-order valence-corrected chi connectivity index (χ3v) is 2.30. The molecule has 0 aromatic heterocycles. The Morgan fingerprint density at radius 3 is 2.73 bits per heavy atom.